The van der Waals surface area contributed by atoms with E-state index in [2.05, 4.69) is 20.8 Å². The van der Waals surface area contributed by atoms with Gasteiger partial charge in [0.05, 0.1) is 6.61 Å². The fraction of sp³-hybridized carbons (Fsp3) is 0.905. The molecule has 0 spiro atoms. The molecule has 0 bridgehead atoms. The molecule has 0 rings (SSSR count). The Kier molecular flexibility index (Phi) is 13.3. The van der Waals surface area contributed by atoms with Crippen molar-refractivity contribution in [1.82, 2.24) is 0 Å². The van der Waals surface area contributed by atoms with Gasteiger partial charge in [-0.15, -0.1) is 0 Å². The first-order chi connectivity index (χ1) is 14.5. The summed E-state index contributed by atoms with van der Waals surface area (Å²) in [6, 6.07) is 0. The fourth-order valence-corrected chi connectivity index (χ4v) is 4.63. The molecule has 0 aliphatic rings. The van der Waals surface area contributed by atoms with Crippen LogP contribution in [0.2, 0.25) is 0 Å². The lowest BCUT2D eigenvalue weighted by atomic mass is 9.84. The minimum absolute atomic E-state index is 0.0645. The lowest BCUT2D eigenvalue weighted by Crippen LogP contribution is -2.41. The van der Waals surface area contributed by atoms with Gasteiger partial charge in [0.25, 0.3) is 0 Å². The monoisotopic (exact) mass is 500 g/mol. The summed E-state index contributed by atoms with van der Waals surface area (Å²) in [7, 11) is -3.70. The number of ketones is 2. The molecule has 0 N–H and O–H groups in total. The molecule has 0 saturated heterocycles. The van der Waals surface area contributed by atoms with Gasteiger partial charge in [-0.3, -0.25) is 32.2 Å². The second-order valence-electron chi connectivity index (χ2n) is 9.79. The molecule has 0 heterocycles. The van der Waals surface area contributed by atoms with Crippen molar-refractivity contribution in [1.29, 1.82) is 0 Å². The Morgan fingerprint density at radius 3 is 1.84 bits per heavy atom. The average Bonchev–Trinajstić information content (AvgIpc) is 2.69. The van der Waals surface area contributed by atoms with Gasteiger partial charge < -0.3 is 4.52 Å². The number of hydrogen-bond acceptors (Lipinski definition) is 9. The molecule has 2 unspecified atom stereocenters. The quantitative estimate of drug-likeness (QED) is 0.228. The van der Waals surface area contributed by atoms with Crippen LogP contribution in [0.5, 0.6) is 0 Å². The number of hydrogen-bond donors (Lipinski definition) is 0. The highest BCUT2D eigenvalue weighted by atomic mass is 31.2. The molecule has 0 saturated carbocycles. The van der Waals surface area contributed by atoms with Crippen LogP contribution in [0.4, 0.5) is 0 Å². The van der Waals surface area contributed by atoms with E-state index in [-0.39, 0.29) is 36.4 Å². The van der Waals surface area contributed by atoms with Crippen molar-refractivity contribution in [3.63, 3.8) is 0 Å². The zero-order valence-corrected chi connectivity index (χ0v) is 22.9. The van der Waals surface area contributed by atoms with Gasteiger partial charge in [-0.1, -0.05) is 34.6 Å². The highest BCUT2D eigenvalue weighted by Gasteiger charge is 2.42. The molecule has 0 radical (unpaired) electrons. The zero-order chi connectivity index (χ0) is 25.2. The summed E-state index contributed by atoms with van der Waals surface area (Å²) in [6.45, 7) is 10.7. The summed E-state index contributed by atoms with van der Waals surface area (Å²) < 4.78 is 49.9. The minimum Gasteiger partial charge on any atom is -0.312 e. The Bertz CT molecular complexity index is 690. The number of rotatable bonds is 17. The molecule has 0 aromatic rings. The van der Waals surface area contributed by atoms with Crippen LogP contribution in [0.1, 0.15) is 73.1 Å². The van der Waals surface area contributed by atoms with Crippen LogP contribution >= 0.6 is 15.4 Å². The summed E-state index contributed by atoms with van der Waals surface area (Å²) in [6.07, 6.45) is 1.80. The first kappa shape index (κ1) is 31.6. The third-order valence-corrected chi connectivity index (χ3v) is 7.53. The van der Waals surface area contributed by atoms with Crippen LogP contribution in [0.25, 0.3) is 0 Å². The molecule has 0 aliphatic carbocycles. The standard InChI is InChI=1S/C21H42O9P2/c1-20(2,3)15-11-13-17(22)12-10-14-18(23)19(30-31(9,24)26-6)21(4,5)16-29-32(25,27-7)28-8/h19H,10-16H2,1-9H3. The molecule has 190 valence electrons. The van der Waals surface area contributed by atoms with E-state index in [1.54, 1.807) is 13.8 Å². The number of Topliss-reactive ketones (excluding diaryl/α,β-unsaturated/α-hetero) is 2. The molecule has 0 aliphatic heterocycles. The van der Waals surface area contributed by atoms with E-state index in [1.807, 2.05) is 0 Å². The predicted octanol–water partition coefficient (Wildman–Crippen LogP) is 5.81. The van der Waals surface area contributed by atoms with Crippen molar-refractivity contribution in [2.24, 2.45) is 10.8 Å². The van der Waals surface area contributed by atoms with Crippen molar-refractivity contribution < 1.29 is 41.3 Å². The van der Waals surface area contributed by atoms with Crippen molar-refractivity contribution >= 4 is 27.0 Å². The Balaban J connectivity index is 5.09. The largest absolute Gasteiger partial charge is 0.474 e. The van der Waals surface area contributed by atoms with Crippen LogP contribution in [-0.2, 0) is 41.3 Å². The molecule has 32 heavy (non-hydrogen) atoms. The van der Waals surface area contributed by atoms with E-state index >= 15 is 0 Å². The Morgan fingerprint density at radius 2 is 1.38 bits per heavy atom. The number of phosphoric acid groups is 1. The van der Waals surface area contributed by atoms with Crippen LogP contribution < -0.4 is 0 Å². The molecular formula is C21H42O9P2. The highest BCUT2D eigenvalue weighted by Crippen LogP contribution is 2.51. The molecule has 11 heteroatoms. The summed E-state index contributed by atoms with van der Waals surface area (Å²) in [4.78, 5) is 25.1. The Labute approximate surface area is 193 Å². The topological polar surface area (TPSA) is 114 Å². The lowest BCUT2D eigenvalue weighted by molar-refractivity contribution is -0.133. The van der Waals surface area contributed by atoms with Crippen LogP contribution in [0.15, 0.2) is 0 Å². The highest BCUT2D eigenvalue weighted by molar-refractivity contribution is 7.53. The first-order valence-corrected chi connectivity index (χ1v) is 14.2. The van der Waals surface area contributed by atoms with Crippen molar-refractivity contribution in [3.8, 4) is 0 Å². The van der Waals surface area contributed by atoms with Gasteiger partial charge in [0.15, 0.2) is 5.78 Å². The van der Waals surface area contributed by atoms with Crippen molar-refractivity contribution in [2.75, 3.05) is 34.6 Å². The van der Waals surface area contributed by atoms with Gasteiger partial charge in [-0.25, -0.2) is 4.57 Å². The molecule has 2 atom stereocenters. The maximum Gasteiger partial charge on any atom is 0.474 e. The average molecular weight is 501 g/mol. The molecule has 0 amide bonds. The minimum atomic E-state index is -3.77. The maximum atomic E-state index is 13.0. The Hall–Kier alpha value is -0.400. The van der Waals surface area contributed by atoms with Gasteiger partial charge in [0, 0.05) is 52.7 Å². The van der Waals surface area contributed by atoms with Gasteiger partial charge in [0.2, 0.25) is 0 Å². The third-order valence-electron chi connectivity index (χ3n) is 4.93. The summed E-state index contributed by atoms with van der Waals surface area (Å²) in [5, 5.41) is 0. The first-order valence-electron chi connectivity index (χ1n) is 10.7. The van der Waals surface area contributed by atoms with E-state index in [1.165, 1.54) is 28.0 Å². The molecule has 0 fully saturated rings. The SMILES string of the molecule is COP(C)(=O)OC(C(=O)CCCC(=O)CCCC(C)(C)C)C(C)(C)COP(=O)(OC)OC. The number of carbonyl (C=O) groups is 2. The number of carbonyl (C=O) groups excluding carboxylic acids is 2. The van der Waals surface area contributed by atoms with Gasteiger partial charge in [-0.2, -0.15) is 0 Å². The smallest absolute Gasteiger partial charge is 0.312 e. The van der Waals surface area contributed by atoms with E-state index in [4.69, 9.17) is 22.6 Å². The summed E-state index contributed by atoms with van der Waals surface area (Å²) in [5.74, 6) is -0.230. The summed E-state index contributed by atoms with van der Waals surface area (Å²) in [5.41, 5.74) is -0.857. The second-order valence-corrected chi connectivity index (χ2v) is 13.8. The zero-order valence-electron chi connectivity index (χ0n) is 21.1. The van der Waals surface area contributed by atoms with Gasteiger partial charge in [-0.05, 0) is 24.7 Å². The predicted molar refractivity (Wildman–Crippen MR) is 124 cm³/mol. The van der Waals surface area contributed by atoms with E-state index < -0.39 is 26.9 Å². The van der Waals surface area contributed by atoms with Crippen molar-refractivity contribution in [3.05, 3.63) is 0 Å². The second kappa shape index (κ2) is 13.5. The van der Waals surface area contributed by atoms with Crippen LogP contribution in [0, 0.1) is 10.8 Å². The number of phosphoric ester groups is 1. The third kappa shape index (κ3) is 12.7. The van der Waals surface area contributed by atoms with Crippen molar-refractivity contribution in [2.45, 2.75) is 79.2 Å². The fourth-order valence-electron chi connectivity index (χ4n) is 2.90. The molecular weight excluding hydrogens is 458 g/mol. The lowest BCUT2D eigenvalue weighted by Gasteiger charge is -2.34. The molecule has 0 aromatic carbocycles. The van der Waals surface area contributed by atoms with Crippen LogP contribution in [0.3, 0.4) is 0 Å². The summed E-state index contributed by atoms with van der Waals surface area (Å²) >= 11 is 0. The molecule has 0 aromatic heterocycles. The van der Waals surface area contributed by atoms with E-state index in [9.17, 15) is 18.7 Å². The normalized spacial score (nSPS) is 15.9. The molecule has 9 nitrogen and oxygen atoms in total. The maximum absolute atomic E-state index is 13.0. The van der Waals surface area contributed by atoms with E-state index in [0.717, 1.165) is 12.8 Å². The van der Waals surface area contributed by atoms with E-state index in [0.29, 0.717) is 12.8 Å². The van der Waals surface area contributed by atoms with Gasteiger partial charge in [0.1, 0.15) is 11.9 Å². The van der Waals surface area contributed by atoms with Gasteiger partial charge >= 0.3 is 15.4 Å². The van der Waals surface area contributed by atoms with Crippen LogP contribution in [-0.4, -0.2) is 52.3 Å². The Morgan fingerprint density at radius 1 is 0.844 bits per heavy atom.